The van der Waals surface area contributed by atoms with Crippen molar-refractivity contribution in [3.8, 4) is 0 Å². The van der Waals surface area contributed by atoms with Crippen LogP contribution in [0.4, 0.5) is 22.7 Å². The Morgan fingerprint density at radius 2 is 1.00 bits per heavy atom. The number of hydrogen-bond donors (Lipinski definition) is 4. The Morgan fingerprint density at radius 3 is 1.52 bits per heavy atom. The van der Waals surface area contributed by atoms with Crippen molar-refractivity contribution in [2.24, 2.45) is 0 Å². The number of hydrogen-bond acceptors (Lipinski definition) is 4. The van der Waals surface area contributed by atoms with E-state index in [1.165, 1.54) is 5.56 Å². The van der Waals surface area contributed by atoms with E-state index in [9.17, 15) is 0 Å². The maximum Gasteiger partial charge on any atom is 0.0726 e. The number of anilines is 4. The van der Waals surface area contributed by atoms with Gasteiger partial charge in [-0.2, -0.15) is 0 Å². The van der Waals surface area contributed by atoms with Crippen molar-refractivity contribution in [3.05, 3.63) is 82.9 Å². The fourth-order valence-corrected chi connectivity index (χ4v) is 2.56. The lowest BCUT2D eigenvalue weighted by atomic mass is 10.2. The molecular weight excluding hydrogens is 332 g/mol. The maximum absolute atomic E-state index is 6.21. The second kappa shape index (κ2) is 7.81. The van der Waals surface area contributed by atoms with Gasteiger partial charge in [0.1, 0.15) is 0 Å². The summed E-state index contributed by atoms with van der Waals surface area (Å²) < 4.78 is 0. The molecule has 25 heavy (non-hydrogen) atoms. The molecule has 0 aliphatic rings. The first kappa shape index (κ1) is 17.0. The van der Waals surface area contributed by atoms with E-state index in [0.717, 1.165) is 28.3 Å². The fourth-order valence-electron chi connectivity index (χ4n) is 2.28. The minimum Gasteiger partial charge on any atom is -0.301 e. The molecule has 0 atom stereocenters. The SMILES string of the molecule is Cc1ccc(NNc2ccc(NNc3ccc(C)cc3Cl)cc2)cc1. The molecule has 0 saturated carbocycles. The largest absolute Gasteiger partial charge is 0.301 e. The Balaban J connectivity index is 1.54. The van der Waals surface area contributed by atoms with Gasteiger partial charge in [0.15, 0.2) is 0 Å². The van der Waals surface area contributed by atoms with E-state index in [1.54, 1.807) is 0 Å². The van der Waals surface area contributed by atoms with Gasteiger partial charge in [-0.15, -0.1) is 0 Å². The lowest BCUT2D eigenvalue weighted by Gasteiger charge is -2.13. The van der Waals surface area contributed by atoms with E-state index in [2.05, 4.69) is 40.8 Å². The van der Waals surface area contributed by atoms with Gasteiger partial charge in [0.25, 0.3) is 0 Å². The first-order valence-electron chi connectivity index (χ1n) is 8.07. The van der Waals surface area contributed by atoms with Crippen LogP contribution in [0.1, 0.15) is 11.1 Å². The van der Waals surface area contributed by atoms with Crippen molar-refractivity contribution in [2.45, 2.75) is 13.8 Å². The average molecular weight is 353 g/mol. The second-order valence-corrected chi connectivity index (χ2v) is 6.33. The first-order valence-corrected chi connectivity index (χ1v) is 8.45. The zero-order chi connectivity index (χ0) is 17.6. The Bertz CT molecular complexity index is 829. The van der Waals surface area contributed by atoms with E-state index in [0.29, 0.717) is 5.02 Å². The van der Waals surface area contributed by atoms with Crippen LogP contribution in [0.5, 0.6) is 0 Å². The molecule has 4 N–H and O–H groups in total. The third-order valence-corrected chi connectivity index (χ3v) is 4.07. The molecule has 0 fully saturated rings. The average Bonchev–Trinajstić information content (AvgIpc) is 2.61. The summed E-state index contributed by atoms with van der Waals surface area (Å²) in [5, 5.41) is 0.688. The summed E-state index contributed by atoms with van der Waals surface area (Å²) in [7, 11) is 0. The number of nitrogens with one attached hydrogen (secondary N) is 4. The molecule has 4 nitrogen and oxygen atoms in total. The van der Waals surface area contributed by atoms with Gasteiger partial charge < -0.3 is 16.3 Å². The summed E-state index contributed by atoms with van der Waals surface area (Å²) >= 11 is 6.21. The van der Waals surface area contributed by atoms with E-state index in [-0.39, 0.29) is 0 Å². The molecule has 3 aromatic carbocycles. The number of aryl methyl sites for hydroxylation is 2. The van der Waals surface area contributed by atoms with Crippen molar-refractivity contribution in [1.29, 1.82) is 0 Å². The zero-order valence-corrected chi connectivity index (χ0v) is 15.0. The molecule has 3 aromatic rings. The van der Waals surface area contributed by atoms with Crippen LogP contribution in [-0.4, -0.2) is 0 Å². The van der Waals surface area contributed by atoms with Gasteiger partial charge in [-0.3, -0.25) is 5.43 Å². The number of hydrazine groups is 2. The standard InChI is InChI=1S/C20H21ClN4/c1-14-3-6-16(7-4-14)22-23-17-8-10-18(11-9-17)24-25-20-12-5-15(2)13-19(20)21/h3-13,22-25H,1-2H3. The smallest absolute Gasteiger partial charge is 0.0726 e. The highest BCUT2D eigenvalue weighted by molar-refractivity contribution is 6.33. The lowest BCUT2D eigenvalue weighted by molar-refractivity contribution is 1.37. The summed E-state index contributed by atoms with van der Waals surface area (Å²) in [6.45, 7) is 4.08. The third kappa shape index (κ3) is 4.81. The topological polar surface area (TPSA) is 48.1 Å². The molecule has 0 aliphatic heterocycles. The molecule has 0 aliphatic carbocycles. The quantitative estimate of drug-likeness (QED) is 0.421. The Labute approximate surface area is 153 Å². The van der Waals surface area contributed by atoms with Crippen LogP contribution < -0.4 is 21.7 Å². The van der Waals surface area contributed by atoms with Crippen LogP contribution in [-0.2, 0) is 0 Å². The van der Waals surface area contributed by atoms with Crippen molar-refractivity contribution < 1.29 is 0 Å². The molecule has 3 rings (SSSR count). The fraction of sp³-hybridized carbons (Fsp3) is 0.100. The van der Waals surface area contributed by atoms with Crippen molar-refractivity contribution >= 4 is 34.4 Å². The van der Waals surface area contributed by atoms with Gasteiger partial charge in [0.2, 0.25) is 0 Å². The van der Waals surface area contributed by atoms with E-state index >= 15 is 0 Å². The second-order valence-electron chi connectivity index (χ2n) is 5.93. The molecule has 128 valence electrons. The number of halogens is 1. The summed E-state index contributed by atoms with van der Waals surface area (Å²) in [4.78, 5) is 0. The van der Waals surface area contributed by atoms with Crippen LogP contribution in [0.15, 0.2) is 66.7 Å². The summed E-state index contributed by atoms with van der Waals surface area (Å²) in [6.07, 6.45) is 0. The van der Waals surface area contributed by atoms with Gasteiger partial charge in [-0.25, -0.2) is 0 Å². The molecule has 0 aromatic heterocycles. The number of rotatable bonds is 6. The normalized spacial score (nSPS) is 10.2. The molecular formula is C20H21ClN4. The predicted octanol–water partition coefficient (Wildman–Crippen LogP) is 5.83. The van der Waals surface area contributed by atoms with Crippen LogP contribution in [0.3, 0.4) is 0 Å². The third-order valence-electron chi connectivity index (χ3n) is 3.75. The molecule has 5 heteroatoms. The Morgan fingerprint density at radius 1 is 0.560 bits per heavy atom. The first-order chi connectivity index (χ1) is 12.1. The lowest BCUT2D eigenvalue weighted by Crippen LogP contribution is -2.10. The molecule has 0 spiro atoms. The predicted molar refractivity (Wildman–Crippen MR) is 108 cm³/mol. The molecule has 0 saturated heterocycles. The van der Waals surface area contributed by atoms with E-state index in [4.69, 9.17) is 11.6 Å². The highest BCUT2D eigenvalue weighted by Gasteiger charge is 2.00. The monoisotopic (exact) mass is 352 g/mol. The molecule has 0 radical (unpaired) electrons. The van der Waals surface area contributed by atoms with Crippen molar-refractivity contribution in [3.63, 3.8) is 0 Å². The van der Waals surface area contributed by atoms with Crippen LogP contribution in [0, 0.1) is 13.8 Å². The minimum atomic E-state index is 0.688. The van der Waals surface area contributed by atoms with Gasteiger partial charge >= 0.3 is 0 Å². The van der Waals surface area contributed by atoms with E-state index < -0.39 is 0 Å². The van der Waals surface area contributed by atoms with Crippen molar-refractivity contribution in [1.82, 2.24) is 0 Å². The Kier molecular flexibility index (Phi) is 5.31. The van der Waals surface area contributed by atoms with Gasteiger partial charge in [0.05, 0.1) is 27.8 Å². The summed E-state index contributed by atoms with van der Waals surface area (Å²) in [5.41, 5.74) is 18.8. The molecule has 0 unspecified atom stereocenters. The maximum atomic E-state index is 6.21. The van der Waals surface area contributed by atoms with Crippen LogP contribution >= 0.6 is 11.6 Å². The van der Waals surface area contributed by atoms with Crippen LogP contribution in [0.25, 0.3) is 0 Å². The highest BCUT2D eigenvalue weighted by atomic mass is 35.5. The van der Waals surface area contributed by atoms with Gasteiger partial charge in [-0.1, -0.05) is 35.4 Å². The Hall–Kier alpha value is -2.85. The molecule has 0 heterocycles. The van der Waals surface area contributed by atoms with Crippen LogP contribution in [0.2, 0.25) is 5.02 Å². The van der Waals surface area contributed by atoms with Crippen molar-refractivity contribution in [2.75, 3.05) is 21.7 Å². The van der Waals surface area contributed by atoms with Gasteiger partial charge in [0, 0.05) is 0 Å². The molecule has 0 bridgehead atoms. The van der Waals surface area contributed by atoms with Gasteiger partial charge in [-0.05, 0) is 67.9 Å². The molecule has 0 amide bonds. The number of benzene rings is 3. The highest BCUT2D eigenvalue weighted by Crippen LogP contribution is 2.23. The summed E-state index contributed by atoms with van der Waals surface area (Å²) in [6, 6.07) is 22.0. The van der Waals surface area contributed by atoms with E-state index in [1.807, 2.05) is 61.5 Å². The zero-order valence-electron chi connectivity index (χ0n) is 14.2. The summed E-state index contributed by atoms with van der Waals surface area (Å²) in [5.74, 6) is 0. The minimum absolute atomic E-state index is 0.688.